The number of furan rings is 1. The predicted molar refractivity (Wildman–Crippen MR) is 124 cm³/mol. The number of anilines is 1. The lowest BCUT2D eigenvalue weighted by atomic mass is 10.1. The molecule has 0 N–H and O–H groups in total. The Balaban J connectivity index is 1.59. The van der Waals surface area contributed by atoms with Gasteiger partial charge in [-0.05, 0) is 43.3 Å². The molecule has 156 valence electrons. The number of carbonyl (C=O) groups is 1. The molecule has 0 spiro atoms. The van der Waals surface area contributed by atoms with E-state index in [2.05, 4.69) is 0 Å². The number of hydrogen-bond donors (Lipinski definition) is 0. The summed E-state index contributed by atoms with van der Waals surface area (Å²) >= 11 is 6.57. The molecule has 4 rings (SSSR count). The zero-order valence-electron chi connectivity index (χ0n) is 16.5. The van der Waals surface area contributed by atoms with Gasteiger partial charge >= 0.3 is 0 Å². The van der Waals surface area contributed by atoms with Crippen LogP contribution in [0, 0.1) is 17.0 Å². The summed E-state index contributed by atoms with van der Waals surface area (Å²) < 4.78 is 11.4. The molecule has 7 nitrogen and oxygen atoms in total. The minimum absolute atomic E-state index is 0.0239. The predicted octanol–water partition coefficient (Wildman–Crippen LogP) is 5.58. The third kappa shape index (κ3) is 4.10. The highest BCUT2D eigenvalue weighted by Gasteiger charge is 2.33. The van der Waals surface area contributed by atoms with Gasteiger partial charge in [0.15, 0.2) is 4.32 Å². The van der Waals surface area contributed by atoms with Gasteiger partial charge in [0.1, 0.15) is 17.3 Å². The van der Waals surface area contributed by atoms with Crippen molar-refractivity contribution in [3.05, 3.63) is 80.9 Å². The highest BCUT2D eigenvalue weighted by molar-refractivity contribution is 8.27. The molecule has 1 fully saturated rings. The monoisotopic (exact) mass is 452 g/mol. The average molecular weight is 453 g/mol. The third-order valence-corrected chi connectivity index (χ3v) is 6.02. The fourth-order valence-electron chi connectivity index (χ4n) is 3.10. The molecule has 1 aliphatic rings. The van der Waals surface area contributed by atoms with Gasteiger partial charge in [0, 0.05) is 23.3 Å². The van der Waals surface area contributed by atoms with Gasteiger partial charge in [-0.2, -0.15) is 0 Å². The standard InChI is InChI=1S/C22H16N2O5S2/c1-13-3-4-14(11-18(13)24(26)27)19-10-9-17(29-19)12-20-21(25)23(22(30)31-20)15-5-7-16(28-2)8-6-15/h3-12H,1-2H3/b20-12-. The van der Waals surface area contributed by atoms with E-state index in [0.717, 1.165) is 0 Å². The molecule has 3 aromatic rings. The molecule has 0 radical (unpaired) electrons. The molecule has 1 amide bonds. The first-order chi connectivity index (χ1) is 14.9. The number of thiocarbonyl (C=S) groups is 1. The van der Waals surface area contributed by atoms with E-state index in [1.54, 1.807) is 68.6 Å². The van der Waals surface area contributed by atoms with Crippen LogP contribution in [0.25, 0.3) is 17.4 Å². The minimum Gasteiger partial charge on any atom is -0.497 e. The number of carbonyl (C=O) groups excluding carboxylic acids is 1. The summed E-state index contributed by atoms with van der Waals surface area (Å²) in [5.41, 5.74) is 1.83. The lowest BCUT2D eigenvalue weighted by molar-refractivity contribution is -0.385. The highest BCUT2D eigenvalue weighted by Crippen LogP contribution is 2.37. The maximum Gasteiger partial charge on any atom is 0.273 e. The zero-order chi connectivity index (χ0) is 22.1. The topological polar surface area (TPSA) is 85.8 Å². The van der Waals surface area contributed by atoms with E-state index in [0.29, 0.717) is 43.3 Å². The number of rotatable bonds is 5. The van der Waals surface area contributed by atoms with E-state index in [-0.39, 0.29) is 11.6 Å². The van der Waals surface area contributed by atoms with Gasteiger partial charge in [0.2, 0.25) is 0 Å². The van der Waals surface area contributed by atoms with Crippen LogP contribution < -0.4 is 9.64 Å². The summed E-state index contributed by atoms with van der Waals surface area (Å²) in [7, 11) is 1.57. The number of benzene rings is 2. The molecule has 2 aromatic carbocycles. The van der Waals surface area contributed by atoms with Crippen molar-refractivity contribution < 1.29 is 18.9 Å². The normalized spacial score (nSPS) is 15.0. The van der Waals surface area contributed by atoms with Gasteiger partial charge < -0.3 is 9.15 Å². The van der Waals surface area contributed by atoms with Gasteiger partial charge in [0.25, 0.3) is 11.6 Å². The molecular formula is C22H16N2O5S2. The van der Waals surface area contributed by atoms with Crippen molar-refractivity contribution in [1.29, 1.82) is 0 Å². The number of nitro groups is 1. The maximum absolute atomic E-state index is 12.9. The summed E-state index contributed by atoms with van der Waals surface area (Å²) in [6, 6.07) is 15.4. The Labute approximate surface area is 187 Å². The third-order valence-electron chi connectivity index (χ3n) is 4.71. The molecule has 1 saturated heterocycles. The van der Waals surface area contributed by atoms with E-state index in [9.17, 15) is 14.9 Å². The number of nitrogens with zero attached hydrogens (tertiary/aromatic N) is 2. The van der Waals surface area contributed by atoms with Gasteiger partial charge in [-0.3, -0.25) is 19.8 Å². The van der Waals surface area contributed by atoms with E-state index in [4.69, 9.17) is 21.4 Å². The second kappa shape index (κ2) is 8.37. The molecule has 1 aliphatic heterocycles. The molecule has 0 saturated carbocycles. The van der Waals surface area contributed by atoms with Crippen LogP contribution in [0.1, 0.15) is 11.3 Å². The molecule has 0 unspecified atom stereocenters. The van der Waals surface area contributed by atoms with Crippen molar-refractivity contribution >= 4 is 51.7 Å². The first-order valence-electron chi connectivity index (χ1n) is 9.14. The second-order valence-electron chi connectivity index (χ2n) is 6.68. The van der Waals surface area contributed by atoms with E-state index >= 15 is 0 Å². The number of aryl methyl sites for hydroxylation is 1. The Bertz CT molecular complexity index is 1230. The Kier molecular flexibility index (Phi) is 5.62. The quantitative estimate of drug-likeness (QED) is 0.216. The Hall–Kier alpha value is -3.43. The van der Waals surface area contributed by atoms with Crippen molar-refractivity contribution in [2.24, 2.45) is 0 Å². The van der Waals surface area contributed by atoms with Crippen molar-refractivity contribution in [1.82, 2.24) is 0 Å². The van der Waals surface area contributed by atoms with Crippen LogP contribution >= 0.6 is 24.0 Å². The first-order valence-corrected chi connectivity index (χ1v) is 10.4. The van der Waals surface area contributed by atoms with Crippen LogP contribution in [-0.4, -0.2) is 22.3 Å². The van der Waals surface area contributed by atoms with Gasteiger partial charge in [-0.15, -0.1) is 0 Å². The largest absolute Gasteiger partial charge is 0.497 e. The maximum atomic E-state index is 12.9. The van der Waals surface area contributed by atoms with Crippen LogP contribution in [0.5, 0.6) is 5.75 Å². The van der Waals surface area contributed by atoms with Crippen molar-refractivity contribution in [3.63, 3.8) is 0 Å². The molecular weight excluding hydrogens is 436 g/mol. The van der Waals surface area contributed by atoms with E-state index < -0.39 is 4.92 Å². The van der Waals surface area contributed by atoms with Crippen LogP contribution in [0.15, 0.2) is 63.9 Å². The van der Waals surface area contributed by atoms with Crippen molar-refractivity contribution in [3.8, 4) is 17.1 Å². The van der Waals surface area contributed by atoms with Crippen LogP contribution in [-0.2, 0) is 4.79 Å². The number of thioether (sulfide) groups is 1. The van der Waals surface area contributed by atoms with E-state index in [1.807, 2.05) is 0 Å². The van der Waals surface area contributed by atoms with Gasteiger partial charge in [-0.1, -0.05) is 36.1 Å². The van der Waals surface area contributed by atoms with Crippen molar-refractivity contribution in [2.45, 2.75) is 6.92 Å². The summed E-state index contributed by atoms with van der Waals surface area (Å²) in [6.07, 6.45) is 1.62. The lowest BCUT2D eigenvalue weighted by Crippen LogP contribution is -2.27. The second-order valence-corrected chi connectivity index (χ2v) is 8.35. The zero-order valence-corrected chi connectivity index (χ0v) is 18.2. The fourth-order valence-corrected chi connectivity index (χ4v) is 4.37. The molecule has 0 aliphatic carbocycles. The van der Waals surface area contributed by atoms with E-state index in [1.165, 1.54) is 22.7 Å². The molecule has 2 heterocycles. The molecule has 0 bridgehead atoms. The average Bonchev–Trinajstić information content (AvgIpc) is 3.33. The molecule has 9 heteroatoms. The Morgan fingerprint density at radius 3 is 2.58 bits per heavy atom. The van der Waals surface area contributed by atoms with Gasteiger partial charge in [-0.25, -0.2) is 0 Å². The first kappa shape index (κ1) is 20.8. The molecule has 1 aromatic heterocycles. The molecule has 0 atom stereocenters. The van der Waals surface area contributed by atoms with Crippen LogP contribution in [0.3, 0.4) is 0 Å². The highest BCUT2D eigenvalue weighted by atomic mass is 32.2. The Morgan fingerprint density at radius 2 is 1.90 bits per heavy atom. The number of methoxy groups -OCH3 is 1. The molecule has 31 heavy (non-hydrogen) atoms. The fraction of sp³-hybridized carbons (Fsp3) is 0.0909. The van der Waals surface area contributed by atoms with Crippen molar-refractivity contribution in [2.75, 3.05) is 12.0 Å². The summed E-state index contributed by atoms with van der Waals surface area (Å²) in [6.45, 7) is 1.68. The lowest BCUT2D eigenvalue weighted by Gasteiger charge is -2.14. The minimum atomic E-state index is -0.423. The van der Waals surface area contributed by atoms with Gasteiger partial charge in [0.05, 0.1) is 22.6 Å². The number of amides is 1. The Morgan fingerprint density at radius 1 is 1.16 bits per heavy atom. The summed E-state index contributed by atoms with van der Waals surface area (Å²) in [5, 5.41) is 11.2. The smallest absolute Gasteiger partial charge is 0.273 e. The SMILES string of the molecule is COc1ccc(N2C(=O)/C(=C/c3ccc(-c4ccc(C)c([N+](=O)[O-])c4)o3)SC2=S)cc1. The number of ether oxygens (including phenoxy) is 1. The van der Waals surface area contributed by atoms with Crippen LogP contribution in [0.2, 0.25) is 0 Å². The summed E-state index contributed by atoms with van der Waals surface area (Å²) in [4.78, 5) is 25.6. The number of hydrogen-bond acceptors (Lipinski definition) is 7. The van der Waals surface area contributed by atoms with Crippen LogP contribution in [0.4, 0.5) is 11.4 Å². The summed E-state index contributed by atoms with van der Waals surface area (Å²) in [5.74, 6) is 1.36. The number of nitro benzene ring substituents is 1.